The second-order valence-corrected chi connectivity index (χ2v) is 11.3. The summed E-state index contributed by atoms with van der Waals surface area (Å²) in [5.41, 5.74) is 0.851. The first-order valence-corrected chi connectivity index (χ1v) is 14.4. The van der Waals surface area contributed by atoms with Crippen LogP contribution in [0.25, 0.3) is 0 Å². The molecule has 1 fully saturated rings. The normalized spacial score (nSPS) is 15.0. The fourth-order valence-electron chi connectivity index (χ4n) is 4.68. The van der Waals surface area contributed by atoms with E-state index in [0.717, 1.165) is 42.7 Å². The Morgan fingerprint density at radius 1 is 1.08 bits per heavy atom. The number of anilines is 1. The molecule has 0 saturated heterocycles. The van der Waals surface area contributed by atoms with Crippen LogP contribution in [0.5, 0.6) is 5.75 Å². The van der Waals surface area contributed by atoms with Crippen LogP contribution in [0.3, 0.4) is 0 Å². The largest absolute Gasteiger partial charge is 0.495 e. The number of benzene rings is 2. The lowest BCUT2D eigenvalue weighted by atomic mass is 9.95. The third-order valence-electron chi connectivity index (χ3n) is 6.64. The minimum Gasteiger partial charge on any atom is -0.495 e. The van der Waals surface area contributed by atoms with E-state index in [9.17, 15) is 22.4 Å². The second-order valence-electron chi connectivity index (χ2n) is 9.36. The van der Waals surface area contributed by atoms with Gasteiger partial charge in [0.2, 0.25) is 21.8 Å². The van der Waals surface area contributed by atoms with Gasteiger partial charge in [0.15, 0.2) is 0 Å². The molecule has 1 unspecified atom stereocenters. The quantitative estimate of drug-likeness (QED) is 0.473. The van der Waals surface area contributed by atoms with E-state index >= 15 is 0 Å². The summed E-state index contributed by atoms with van der Waals surface area (Å²) < 4.78 is 45.4. The molecular formula is C27H36FN3O5S. The summed E-state index contributed by atoms with van der Waals surface area (Å²) in [6.07, 6.45) is 6.37. The molecule has 202 valence electrons. The highest BCUT2D eigenvalue weighted by Gasteiger charge is 2.33. The van der Waals surface area contributed by atoms with Crippen molar-refractivity contribution in [1.82, 2.24) is 10.2 Å². The fourth-order valence-corrected chi connectivity index (χ4v) is 5.53. The van der Waals surface area contributed by atoms with E-state index in [0.29, 0.717) is 17.7 Å². The van der Waals surface area contributed by atoms with Crippen LogP contribution < -0.4 is 14.4 Å². The van der Waals surface area contributed by atoms with Crippen molar-refractivity contribution in [3.63, 3.8) is 0 Å². The van der Waals surface area contributed by atoms with Crippen LogP contribution in [0.4, 0.5) is 10.1 Å². The number of hydrogen-bond donors (Lipinski definition) is 1. The molecule has 10 heteroatoms. The molecule has 0 aromatic heterocycles. The molecular weight excluding hydrogens is 497 g/mol. The molecule has 0 heterocycles. The number of methoxy groups -OCH3 is 1. The highest BCUT2D eigenvalue weighted by molar-refractivity contribution is 7.92. The van der Waals surface area contributed by atoms with Crippen LogP contribution in [0.1, 0.15) is 51.0 Å². The Labute approximate surface area is 218 Å². The Morgan fingerprint density at radius 2 is 1.73 bits per heavy atom. The molecule has 1 aliphatic rings. The SMILES string of the molecule is CCC(C(=O)NC1CCCCC1)N(Cc1ccc(F)cc1)C(=O)CN(c1ccccc1OC)S(C)(=O)=O. The van der Waals surface area contributed by atoms with Crippen LogP contribution in [0.15, 0.2) is 48.5 Å². The molecule has 8 nitrogen and oxygen atoms in total. The van der Waals surface area contributed by atoms with Gasteiger partial charge in [0.05, 0.1) is 19.1 Å². The summed E-state index contributed by atoms with van der Waals surface area (Å²) >= 11 is 0. The van der Waals surface area contributed by atoms with Gasteiger partial charge in [-0.25, -0.2) is 12.8 Å². The number of nitrogens with one attached hydrogen (secondary N) is 1. The molecule has 37 heavy (non-hydrogen) atoms. The zero-order valence-corrected chi connectivity index (χ0v) is 22.5. The van der Waals surface area contributed by atoms with Crippen LogP contribution in [0.2, 0.25) is 0 Å². The molecule has 0 spiro atoms. The van der Waals surface area contributed by atoms with Gasteiger partial charge in [-0.3, -0.25) is 13.9 Å². The van der Waals surface area contributed by atoms with Crippen molar-refractivity contribution in [1.29, 1.82) is 0 Å². The number of rotatable bonds is 11. The van der Waals surface area contributed by atoms with Crippen LogP contribution in [0, 0.1) is 5.82 Å². The summed E-state index contributed by atoms with van der Waals surface area (Å²) in [5, 5.41) is 3.09. The highest BCUT2D eigenvalue weighted by atomic mass is 32.2. The van der Waals surface area contributed by atoms with Crippen LogP contribution in [-0.2, 0) is 26.2 Å². The van der Waals surface area contributed by atoms with Crippen molar-refractivity contribution >= 4 is 27.5 Å². The third-order valence-corrected chi connectivity index (χ3v) is 7.76. The lowest BCUT2D eigenvalue weighted by Gasteiger charge is -2.34. The molecule has 1 saturated carbocycles. The zero-order chi connectivity index (χ0) is 27.0. The van der Waals surface area contributed by atoms with E-state index < -0.39 is 34.3 Å². The Morgan fingerprint density at radius 3 is 2.32 bits per heavy atom. The molecule has 2 aromatic carbocycles. The summed E-state index contributed by atoms with van der Waals surface area (Å²) in [6, 6.07) is 11.4. The molecule has 0 bridgehead atoms. The van der Waals surface area contributed by atoms with Crippen LogP contribution >= 0.6 is 0 Å². The van der Waals surface area contributed by atoms with Crippen molar-refractivity contribution in [3.8, 4) is 5.75 Å². The average molecular weight is 534 g/mol. The van der Waals surface area contributed by atoms with Gasteiger partial charge < -0.3 is 15.0 Å². The fraction of sp³-hybridized carbons (Fsp3) is 0.481. The van der Waals surface area contributed by atoms with E-state index in [1.165, 1.54) is 24.1 Å². The smallest absolute Gasteiger partial charge is 0.244 e. The molecule has 2 amide bonds. The topological polar surface area (TPSA) is 96.0 Å². The third kappa shape index (κ3) is 7.67. The zero-order valence-electron chi connectivity index (χ0n) is 21.7. The number of carbonyl (C=O) groups is 2. The maximum atomic E-state index is 13.8. The number of sulfonamides is 1. The Hall–Kier alpha value is -3.14. The monoisotopic (exact) mass is 533 g/mol. The molecule has 2 aromatic rings. The van der Waals surface area contributed by atoms with Gasteiger partial charge >= 0.3 is 0 Å². The van der Waals surface area contributed by atoms with Gasteiger partial charge in [-0.2, -0.15) is 0 Å². The summed E-state index contributed by atoms with van der Waals surface area (Å²) in [6.45, 7) is 1.32. The Balaban J connectivity index is 1.93. The summed E-state index contributed by atoms with van der Waals surface area (Å²) in [7, 11) is -2.46. The van der Waals surface area contributed by atoms with E-state index in [-0.39, 0.29) is 24.2 Å². The Bertz CT molecular complexity index is 1170. The number of amides is 2. The minimum absolute atomic E-state index is 0.0270. The van der Waals surface area contributed by atoms with E-state index in [2.05, 4.69) is 5.32 Å². The van der Waals surface area contributed by atoms with Crippen molar-refractivity contribution in [2.45, 2.75) is 64.1 Å². The van der Waals surface area contributed by atoms with Crippen molar-refractivity contribution in [2.24, 2.45) is 0 Å². The minimum atomic E-state index is -3.88. The number of para-hydroxylation sites is 2. The van der Waals surface area contributed by atoms with Crippen molar-refractivity contribution in [2.75, 3.05) is 24.2 Å². The number of carbonyl (C=O) groups excluding carboxylic acids is 2. The van der Waals surface area contributed by atoms with Crippen molar-refractivity contribution < 1.29 is 27.1 Å². The number of ether oxygens (including phenoxy) is 1. The second kappa shape index (κ2) is 12.9. The van der Waals surface area contributed by atoms with Crippen LogP contribution in [-0.4, -0.2) is 57.1 Å². The average Bonchev–Trinajstić information content (AvgIpc) is 2.88. The predicted octanol–water partition coefficient (Wildman–Crippen LogP) is 3.86. The first-order valence-electron chi connectivity index (χ1n) is 12.6. The molecule has 1 aliphatic carbocycles. The van der Waals surface area contributed by atoms with Gasteiger partial charge in [-0.05, 0) is 49.1 Å². The standard InChI is InChI=1S/C27H36FN3O5S/c1-4-23(27(33)29-22-10-6-5-7-11-22)30(18-20-14-16-21(28)17-15-20)26(32)19-31(37(3,34)35)24-12-8-9-13-25(24)36-2/h8-9,12-17,22-23H,4-7,10-11,18-19H2,1-3H3,(H,29,33). The summed E-state index contributed by atoms with van der Waals surface area (Å²) in [4.78, 5) is 28.5. The van der Waals surface area contributed by atoms with E-state index in [1.54, 1.807) is 36.4 Å². The summed E-state index contributed by atoms with van der Waals surface area (Å²) in [5.74, 6) is -0.935. The molecule has 1 atom stereocenters. The van der Waals surface area contributed by atoms with Gasteiger partial charge in [0.1, 0.15) is 24.2 Å². The van der Waals surface area contributed by atoms with Gasteiger partial charge in [-0.15, -0.1) is 0 Å². The number of hydrogen-bond acceptors (Lipinski definition) is 5. The maximum absolute atomic E-state index is 13.8. The molecule has 1 N–H and O–H groups in total. The molecule has 3 rings (SSSR count). The number of nitrogens with zero attached hydrogens (tertiary/aromatic N) is 2. The molecule has 0 aliphatic heterocycles. The van der Waals surface area contributed by atoms with Crippen molar-refractivity contribution in [3.05, 3.63) is 59.9 Å². The van der Waals surface area contributed by atoms with E-state index in [4.69, 9.17) is 4.74 Å². The Kier molecular flexibility index (Phi) is 9.91. The lowest BCUT2D eigenvalue weighted by Crippen LogP contribution is -2.54. The number of halogens is 1. The van der Waals surface area contributed by atoms with Gasteiger partial charge in [-0.1, -0.05) is 50.5 Å². The first kappa shape index (κ1) is 28.4. The van der Waals surface area contributed by atoms with Gasteiger partial charge in [0, 0.05) is 12.6 Å². The van der Waals surface area contributed by atoms with Gasteiger partial charge in [0.25, 0.3) is 0 Å². The maximum Gasteiger partial charge on any atom is 0.244 e. The molecule has 0 radical (unpaired) electrons. The predicted molar refractivity (Wildman–Crippen MR) is 141 cm³/mol. The van der Waals surface area contributed by atoms with E-state index in [1.807, 2.05) is 6.92 Å². The highest BCUT2D eigenvalue weighted by Crippen LogP contribution is 2.30. The lowest BCUT2D eigenvalue weighted by molar-refractivity contribution is -0.140. The first-order chi connectivity index (χ1) is 17.6.